The summed E-state index contributed by atoms with van der Waals surface area (Å²) >= 11 is 5.97. The molecule has 0 atom stereocenters. The maximum Gasteiger partial charge on any atom is 0.227 e. The van der Waals surface area contributed by atoms with Gasteiger partial charge in [-0.2, -0.15) is 4.98 Å². The second-order valence-corrected chi connectivity index (χ2v) is 7.60. The fraction of sp³-hybridized carbons (Fsp3) is 0.333. The van der Waals surface area contributed by atoms with Gasteiger partial charge >= 0.3 is 0 Å². The van der Waals surface area contributed by atoms with E-state index in [2.05, 4.69) is 9.97 Å². The third kappa shape index (κ3) is 4.05. The standard InChI is InChI=1S/C21H23ClN4O3.ClH/c1-28-17-11-15-16(12-18(17)29-2)24-20(25-19(15)23)26-9-7-21(27,8-10-26)13-3-5-14(22)6-4-13;/h3-6,11-12,27H,7-10H2,1-2H3,(H2,23,24,25);1H. The van der Waals surface area contributed by atoms with Gasteiger partial charge in [0.1, 0.15) is 5.82 Å². The Labute approximate surface area is 186 Å². The number of hydrogen-bond donors (Lipinski definition) is 2. The first kappa shape index (κ1) is 22.2. The van der Waals surface area contributed by atoms with Crippen molar-refractivity contribution in [1.82, 2.24) is 9.97 Å². The van der Waals surface area contributed by atoms with Crippen molar-refractivity contribution in [1.29, 1.82) is 0 Å². The monoisotopic (exact) mass is 450 g/mol. The molecule has 7 nitrogen and oxygen atoms in total. The Morgan fingerprint density at radius 2 is 1.63 bits per heavy atom. The smallest absolute Gasteiger partial charge is 0.227 e. The molecule has 0 spiro atoms. The minimum atomic E-state index is -0.889. The largest absolute Gasteiger partial charge is 0.493 e. The lowest BCUT2D eigenvalue weighted by Gasteiger charge is -2.38. The molecular formula is C21H24Cl2N4O3. The summed E-state index contributed by atoms with van der Waals surface area (Å²) in [6, 6.07) is 10.9. The number of methoxy groups -OCH3 is 2. The third-order valence-corrected chi connectivity index (χ3v) is 5.73. The van der Waals surface area contributed by atoms with E-state index in [1.165, 1.54) is 0 Å². The van der Waals surface area contributed by atoms with Gasteiger partial charge in [0.05, 0.1) is 25.3 Å². The normalized spacial score (nSPS) is 15.5. The Bertz CT molecular complexity index is 1040. The van der Waals surface area contributed by atoms with Gasteiger partial charge in [0, 0.05) is 29.6 Å². The zero-order valence-corrected chi connectivity index (χ0v) is 18.3. The number of aliphatic hydroxyl groups is 1. The lowest BCUT2D eigenvalue weighted by Crippen LogP contribution is -2.43. The summed E-state index contributed by atoms with van der Waals surface area (Å²) < 4.78 is 10.7. The minimum Gasteiger partial charge on any atom is -0.493 e. The lowest BCUT2D eigenvalue weighted by molar-refractivity contribution is 0.0115. The molecule has 2 aromatic carbocycles. The van der Waals surface area contributed by atoms with Gasteiger partial charge in [-0.15, -0.1) is 12.4 Å². The van der Waals surface area contributed by atoms with E-state index in [0.29, 0.717) is 65.1 Å². The Hall–Kier alpha value is -2.48. The van der Waals surface area contributed by atoms with Crippen molar-refractivity contribution < 1.29 is 14.6 Å². The molecule has 0 unspecified atom stereocenters. The van der Waals surface area contributed by atoms with Crippen LogP contribution in [0.2, 0.25) is 5.02 Å². The van der Waals surface area contributed by atoms with E-state index in [0.717, 1.165) is 5.56 Å². The number of nitrogen functional groups attached to an aromatic ring is 1. The first-order valence-electron chi connectivity index (χ1n) is 9.36. The average Bonchev–Trinajstić information content (AvgIpc) is 2.73. The predicted octanol–water partition coefficient (Wildman–Crippen LogP) is 3.79. The molecule has 1 fully saturated rings. The number of ether oxygens (including phenoxy) is 2. The number of benzene rings is 2. The Morgan fingerprint density at radius 3 is 2.23 bits per heavy atom. The van der Waals surface area contributed by atoms with Gasteiger partial charge in [0.2, 0.25) is 5.95 Å². The summed E-state index contributed by atoms with van der Waals surface area (Å²) in [6.07, 6.45) is 1.11. The molecule has 3 aromatic rings. The summed E-state index contributed by atoms with van der Waals surface area (Å²) in [5.74, 6) is 2.08. The van der Waals surface area contributed by atoms with Crippen molar-refractivity contribution in [3.63, 3.8) is 0 Å². The number of aromatic nitrogens is 2. The van der Waals surface area contributed by atoms with Crippen molar-refractivity contribution in [2.75, 3.05) is 37.9 Å². The molecule has 0 saturated carbocycles. The highest BCUT2D eigenvalue weighted by Crippen LogP contribution is 2.37. The van der Waals surface area contributed by atoms with E-state index >= 15 is 0 Å². The molecule has 30 heavy (non-hydrogen) atoms. The SMILES string of the molecule is COc1cc2nc(N3CCC(O)(c4ccc(Cl)cc4)CC3)nc(N)c2cc1OC.Cl. The van der Waals surface area contributed by atoms with Gasteiger partial charge in [-0.25, -0.2) is 4.98 Å². The summed E-state index contributed by atoms with van der Waals surface area (Å²) in [5, 5.41) is 12.4. The molecule has 0 amide bonds. The number of anilines is 2. The number of piperidine rings is 1. The number of nitrogens with two attached hydrogens (primary N) is 1. The van der Waals surface area contributed by atoms with Gasteiger partial charge in [0.15, 0.2) is 11.5 Å². The van der Waals surface area contributed by atoms with E-state index in [1.807, 2.05) is 17.0 Å². The van der Waals surface area contributed by atoms with Crippen molar-refractivity contribution in [3.8, 4) is 11.5 Å². The van der Waals surface area contributed by atoms with Gasteiger partial charge in [-0.1, -0.05) is 23.7 Å². The number of nitrogens with zero attached hydrogens (tertiary/aromatic N) is 3. The lowest BCUT2D eigenvalue weighted by atomic mass is 9.84. The molecule has 1 aliphatic rings. The first-order valence-corrected chi connectivity index (χ1v) is 9.74. The topological polar surface area (TPSA) is 93.7 Å². The molecule has 4 rings (SSSR count). The molecule has 9 heteroatoms. The summed E-state index contributed by atoms with van der Waals surface area (Å²) in [7, 11) is 3.15. The molecule has 0 bridgehead atoms. The zero-order chi connectivity index (χ0) is 20.6. The Balaban J connectivity index is 0.00000256. The number of halogens is 2. The van der Waals surface area contributed by atoms with Crippen LogP contribution in [-0.4, -0.2) is 42.4 Å². The average molecular weight is 451 g/mol. The van der Waals surface area contributed by atoms with Gasteiger partial charge < -0.3 is 25.2 Å². The van der Waals surface area contributed by atoms with Crippen LogP contribution in [-0.2, 0) is 5.60 Å². The van der Waals surface area contributed by atoms with Crippen LogP contribution in [0.15, 0.2) is 36.4 Å². The fourth-order valence-electron chi connectivity index (χ4n) is 3.73. The van der Waals surface area contributed by atoms with Crippen molar-refractivity contribution in [3.05, 3.63) is 47.0 Å². The predicted molar refractivity (Wildman–Crippen MR) is 121 cm³/mol. The summed E-state index contributed by atoms with van der Waals surface area (Å²) in [5.41, 5.74) is 6.87. The molecule has 1 aliphatic heterocycles. The second-order valence-electron chi connectivity index (χ2n) is 7.16. The van der Waals surface area contributed by atoms with Crippen molar-refractivity contribution in [2.45, 2.75) is 18.4 Å². The van der Waals surface area contributed by atoms with Gasteiger partial charge in [-0.05, 0) is 36.6 Å². The third-order valence-electron chi connectivity index (χ3n) is 5.47. The number of fused-ring (bicyclic) bond motifs is 1. The molecule has 2 heterocycles. The van der Waals surface area contributed by atoms with Crippen LogP contribution in [0.5, 0.6) is 11.5 Å². The molecule has 0 aliphatic carbocycles. The van der Waals surface area contributed by atoms with Gasteiger partial charge in [0.25, 0.3) is 0 Å². The van der Waals surface area contributed by atoms with E-state index < -0.39 is 5.60 Å². The summed E-state index contributed by atoms with van der Waals surface area (Å²) in [6.45, 7) is 1.22. The number of rotatable bonds is 4. The van der Waals surface area contributed by atoms with Crippen LogP contribution in [0.3, 0.4) is 0 Å². The quantitative estimate of drug-likeness (QED) is 0.623. The Morgan fingerprint density at radius 1 is 1.03 bits per heavy atom. The maximum absolute atomic E-state index is 11.1. The van der Waals surface area contributed by atoms with Crippen LogP contribution in [0, 0.1) is 0 Å². The molecule has 160 valence electrons. The highest BCUT2D eigenvalue weighted by atomic mass is 35.5. The number of hydrogen-bond acceptors (Lipinski definition) is 7. The van der Waals surface area contributed by atoms with Crippen LogP contribution < -0.4 is 20.1 Å². The Kier molecular flexibility index (Phi) is 6.45. The molecular weight excluding hydrogens is 427 g/mol. The van der Waals surface area contributed by atoms with Crippen LogP contribution in [0.25, 0.3) is 10.9 Å². The maximum atomic E-state index is 11.1. The van der Waals surface area contributed by atoms with E-state index in [1.54, 1.807) is 38.5 Å². The van der Waals surface area contributed by atoms with E-state index in [9.17, 15) is 5.11 Å². The van der Waals surface area contributed by atoms with Crippen LogP contribution in [0.1, 0.15) is 18.4 Å². The zero-order valence-electron chi connectivity index (χ0n) is 16.8. The second kappa shape index (κ2) is 8.71. The van der Waals surface area contributed by atoms with Gasteiger partial charge in [-0.3, -0.25) is 0 Å². The van der Waals surface area contributed by atoms with Crippen molar-refractivity contribution >= 4 is 46.7 Å². The van der Waals surface area contributed by atoms with E-state index in [-0.39, 0.29) is 12.4 Å². The van der Waals surface area contributed by atoms with Crippen molar-refractivity contribution in [2.24, 2.45) is 0 Å². The van der Waals surface area contributed by atoms with E-state index in [4.69, 9.17) is 26.8 Å². The molecule has 1 aromatic heterocycles. The summed E-state index contributed by atoms with van der Waals surface area (Å²) in [4.78, 5) is 11.2. The molecule has 1 saturated heterocycles. The minimum absolute atomic E-state index is 0. The first-order chi connectivity index (χ1) is 13.9. The van der Waals surface area contributed by atoms with Crippen LogP contribution >= 0.6 is 24.0 Å². The fourth-order valence-corrected chi connectivity index (χ4v) is 3.86. The molecule has 0 radical (unpaired) electrons. The highest BCUT2D eigenvalue weighted by Gasteiger charge is 2.35. The van der Waals surface area contributed by atoms with Crippen LogP contribution in [0.4, 0.5) is 11.8 Å². The molecule has 3 N–H and O–H groups in total. The highest BCUT2D eigenvalue weighted by molar-refractivity contribution is 6.30.